The topological polar surface area (TPSA) is 179 Å². The lowest BCUT2D eigenvalue weighted by atomic mass is 9.99. The highest BCUT2D eigenvalue weighted by Crippen LogP contribution is 2.40. The van der Waals surface area contributed by atoms with Crippen LogP contribution in [0.1, 0.15) is 73.5 Å². The van der Waals surface area contributed by atoms with Crippen LogP contribution in [0, 0.1) is 41.3 Å². The second kappa shape index (κ2) is 25.4. The summed E-state index contributed by atoms with van der Waals surface area (Å²) in [4.78, 5) is 14.7. The number of anilines is 3. The molecule has 18 rings (SSSR count). The van der Waals surface area contributed by atoms with Crippen LogP contribution in [0.25, 0.3) is 85.0 Å². The van der Waals surface area contributed by atoms with Gasteiger partial charge in [-0.05, 0) is 213 Å². The Kier molecular flexibility index (Phi) is 16.0. The van der Waals surface area contributed by atoms with Crippen LogP contribution in [0.15, 0.2) is 177 Å². The zero-order valence-corrected chi connectivity index (χ0v) is 56.0. The predicted octanol–water partition coefficient (Wildman–Crippen LogP) is 13.0. The lowest BCUT2D eigenvalue weighted by molar-refractivity contribution is 0.315. The summed E-state index contributed by atoms with van der Waals surface area (Å²) >= 11 is 0. The van der Waals surface area contributed by atoms with Crippen LogP contribution in [-0.4, -0.2) is 135 Å². The second-order valence-electron chi connectivity index (χ2n) is 27.5. The van der Waals surface area contributed by atoms with Gasteiger partial charge in [0.1, 0.15) is 12.1 Å². The van der Waals surface area contributed by atoms with Crippen LogP contribution in [0.5, 0.6) is 0 Å². The standard InChI is InChI=1S/C28H28N6.C26H25N7.C24H23FN6/c1-18-13-32(14-19(2)30-18)25-8-9-26-24(10-25)17-33-16-23(22-6-4-21(12-29)5-7-22)11-27(33)28-31-20(3)15-34(26)28;1-30(2)23-9-10-31(16-23)22-7-8-24-21(11-22)15-32-14-20(19-5-3-18(13-27)4-6-19)12-25(32)26-29-28-17-33(24)26;1-16-3-2-10-29(13-16)21-8-9-22-19(11-21)15-30-14-18(17-4-6-20(25)7-5-17)12-23(30)24-26-27-28-31(22)24/h4-11,15-16,18-19,30H,13-14,17H2,1-3H3;3-8,11-12,14,17,23H,9-10,15-16H2,1-2H3;4-9,11-12,14,16H,2-3,10,13,15H2,1H3/t18-,19+;;16-/m..0/s1. The Labute approximate surface area is 569 Å². The molecule has 6 aromatic carbocycles. The highest BCUT2D eigenvalue weighted by Gasteiger charge is 2.30. The number of fused-ring (bicyclic) bond motifs is 15. The Morgan fingerprint density at radius 2 is 1.02 bits per heavy atom. The van der Waals surface area contributed by atoms with E-state index < -0.39 is 0 Å². The van der Waals surface area contributed by atoms with Crippen LogP contribution in [0.4, 0.5) is 21.5 Å². The predicted molar refractivity (Wildman–Crippen MR) is 381 cm³/mol. The summed E-state index contributed by atoms with van der Waals surface area (Å²) in [6.07, 6.45) is 14.1. The number of benzene rings is 6. The quantitative estimate of drug-likeness (QED) is 0.159. The first kappa shape index (κ1) is 61.7. The van der Waals surface area contributed by atoms with Crippen molar-refractivity contribution < 1.29 is 4.39 Å². The van der Waals surface area contributed by atoms with Crippen LogP contribution in [0.3, 0.4) is 0 Å². The number of halogens is 1. The van der Waals surface area contributed by atoms with Crippen molar-refractivity contribution in [3.05, 3.63) is 216 Å². The molecular weight excluding hydrogens is 1220 g/mol. The van der Waals surface area contributed by atoms with Crippen molar-refractivity contribution in [2.45, 2.75) is 84.7 Å². The number of aromatic nitrogens is 12. The molecule has 0 radical (unpaired) electrons. The van der Waals surface area contributed by atoms with Crippen molar-refractivity contribution in [2.24, 2.45) is 5.92 Å². The Morgan fingerprint density at radius 3 is 1.57 bits per heavy atom. The normalized spacial score (nSPS) is 17.8. The molecule has 4 atom stereocenters. The minimum atomic E-state index is -0.234. The largest absolute Gasteiger partial charge is 0.371 e. The number of likely N-dealkylation sites (N-methyl/N-ethyl adjacent to an activating group) is 1. The van der Waals surface area contributed by atoms with Gasteiger partial charge in [0.15, 0.2) is 11.6 Å². The fourth-order valence-corrected chi connectivity index (χ4v) is 15.3. The van der Waals surface area contributed by atoms with Gasteiger partial charge < -0.3 is 38.6 Å². The number of nitriles is 2. The molecule has 12 aromatic rings. The Morgan fingerprint density at radius 1 is 0.510 bits per heavy atom. The van der Waals surface area contributed by atoms with E-state index in [0.717, 1.165) is 132 Å². The van der Waals surface area contributed by atoms with E-state index in [1.807, 2.05) is 60.1 Å². The van der Waals surface area contributed by atoms with E-state index in [4.69, 9.17) is 15.5 Å². The molecule has 0 saturated carbocycles. The van der Waals surface area contributed by atoms with E-state index in [1.165, 1.54) is 70.8 Å². The third-order valence-corrected chi connectivity index (χ3v) is 20.3. The minimum Gasteiger partial charge on any atom is -0.371 e. The van der Waals surface area contributed by atoms with Crippen molar-refractivity contribution in [3.8, 4) is 97.1 Å². The first-order valence-corrected chi connectivity index (χ1v) is 33.9. The lowest BCUT2D eigenvalue weighted by Gasteiger charge is -2.38. The molecule has 3 saturated heterocycles. The van der Waals surface area contributed by atoms with Crippen LogP contribution in [0.2, 0.25) is 0 Å². The van der Waals surface area contributed by atoms with Gasteiger partial charge in [0.2, 0.25) is 5.82 Å². The van der Waals surface area contributed by atoms with Crippen molar-refractivity contribution in [1.29, 1.82) is 10.5 Å². The smallest absolute Gasteiger partial charge is 0.203 e. The van der Waals surface area contributed by atoms with Crippen molar-refractivity contribution >= 4 is 17.1 Å². The number of piperazine rings is 1. The first-order valence-electron chi connectivity index (χ1n) is 33.9. The molecule has 6 aliphatic rings. The molecule has 98 heavy (non-hydrogen) atoms. The molecule has 19 nitrogen and oxygen atoms in total. The summed E-state index contributed by atoms with van der Waals surface area (Å²) in [6, 6.07) is 54.7. The van der Waals surface area contributed by atoms with Gasteiger partial charge in [-0.3, -0.25) is 9.13 Å². The molecule has 3 fully saturated rings. The number of hydrogen-bond donors (Lipinski definition) is 1. The van der Waals surface area contributed by atoms with Gasteiger partial charge in [-0.25, -0.2) is 9.37 Å². The third-order valence-electron chi connectivity index (χ3n) is 20.3. The van der Waals surface area contributed by atoms with Gasteiger partial charge in [0, 0.05) is 136 Å². The highest BCUT2D eigenvalue weighted by molar-refractivity contribution is 5.76. The Hall–Kier alpha value is -11.2. The molecule has 0 bridgehead atoms. The summed E-state index contributed by atoms with van der Waals surface area (Å²) < 4.78 is 26.3. The second-order valence-corrected chi connectivity index (χ2v) is 27.5. The van der Waals surface area contributed by atoms with Gasteiger partial charge in [0.05, 0.1) is 63.1 Å². The number of hydrogen-bond acceptors (Lipinski definition) is 13. The maximum absolute atomic E-state index is 13.4. The zero-order valence-electron chi connectivity index (χ0n) is 56.0. The molecule has 0 spiro atoms. The van der Waals surface area contributed by atoms with Crippen molar-refractivity contribution in [2.75, 3.05) is 68.1 Å². The monoisotopic (exact) mass is 1300 g/mol. The fraction of sp³-hybridized carbons (Fsp3) is 0.282. The summed E-state index contributed by atoms with van der Waals surface area (Å²) in [7, 11) is 4.33. The maximum atomic E-state index is 13.4. The SMILES string of the molecule is CN(C)C1CCN(c2ccc3c(c2)Cn2cc(-c4ccc(C#N)cc4)cc2-c2nncn2-3)C1.C[C@H]1CCCN(c2ccc3c(c2)Cn2cc(-c4ccc(F)cc4)cc2-c2nnnn2-3)C1.Cc1cn2c(n1)-c1cc(-c3ccc(C#N)cc3)cn1Cc1cc(N3C[C@@H](C)N[C@@H](C)C3)ccc1-2. The number of piperidine rings is 1. The third kappa shape index (κ3) is 11.8. The number of tetrazole rings is 1. The van der Waals surface area contributed by atoms with Gasteiger partial charge >= 0.3 is 0 Å². The molecule has 1 unspecified atom stereocenters. The Balaban J connectivity index is 0.000000115. The van der Waals surface area contributed by atoms with Gasteiger partial charge in [-0.2, -0.15) is 15.2 Å². The van der Waals surface area contributed by atoms with E-state index in [1.54, 1.807) is 18.5 Å². The van der Waals surface area contributed by atoms with E-state index in [0.29, 0.717) is 47.5 Å². The lowest BCUT2D eigenvalue weighted by Crippen LogP contribution is -2.54. The summed E-state index contributed by atoms with van der Waals surface area (Å²) in [5.41, 5.74) is 22.7. The van der Waals surface area contributed by atoms with Crippen LogP contribution < -0.4 is 20.0 Å². The van der Waals surface area contributed by atoms with Crippen LogP contribution >= 0.6 is 0 Å². The van der Waals surface area contributed by atoms with Crippen molar-refractivity contribution in [1.82, 2.24) is 68.4 Å². The van der Waals surface area contributed by atoms with Gasteiger partial charge in [-0.15, -0.1) is 15.3 Å². The number of imidazole rings is 1. The Bertz CT molecular complexity index is 5030. The van der Waals surface area contributed by atoms with E-state index in [-0.39, 0.29) is 5.82 Å². The molecule has 490 valence electrons. The maximum Gasteiger partial charge on any atom is 0.203 e. The van der Waals surface area contributed by atoms with Gasteiger partial charge in [-0.1, -0.05) is 43.3 Å². The summed E-state index contributed by atoms with van der Waals surface area (Å²) in [5, 5.41) is 43.1. The average molecular weight is 1300 g/mol. The average Bonchev–Trinajstić information content (AvgIpc) is 1.61. The van der Waals surface area contributed by atoms with Crippen molar-refractivity contribution in [3.63, 3.8) is 0 Å². The summed E-state index contributed by atoms with van der Waals surface area (Å²) in [6.45, 7) is 17.5. The zero-order chi connectivity index (χ0) is 66.9. The van der Waals surface area contributed by atoms with Crippen LogP contribution in [-0.2, 0) is 19.6 Å². The van der Waals surface area contributed by atoms with E-state index in [2.05, 4.69) is 218 Å². The molecule has 12 heterocycles. The van der Waals surface area contributed by atoms with E-state index in [9.17, 15) is 4.39 Å². The highest BCUT2D eigenvalue weighted by atomic mass is 19.1. The molecule has 0 amide bonds. The minimum absolute atomic E-state index is 0.234. The molecule has 1 N–H and O–H groups in total. The number of rotatable bonds is 7. The fourth-order valence-electron chi connectivity index (χ4n) is 15.3. The number of nitrogens with zero attached hydrogens (tertiary/aromatic N) is 18. The molecule has 6 aromatic heterocycles. The number of nitrogens with one attached hydrogen (secondary N) is 1. The summed E-state index contributed by atoms with van der Waals surface area (Å²) in [5.74, 6) is 3.00. The number of aryl methyl sites for hydroxylation is 1. The van der Waals surface area contributed by atoms with E-state index >= 15 is 0 Å². The first-order chi connectivity index (χ1) is 47.7. The molecule has 0 aliphatic carbocycles. The molecule has 6 aliphatic heterocycles. The molecule has 20 heteroatoms. The molecular formula is C78H76FN19. The van der Waals surface area contributed by atoms with Gasteiger partial charge in [0.25, 0.3) is 0 Å².